The highest BCUT2D eigenvalue weighted by Crippen LogP contribution is 2.20. The number of Topliss-reactive ketones (excluding diaryl/α,β-unsaturated/α-hetero) is 1. The molecule has 0 bridgehead atoms. The number of esters is 2. The van der Waals surface area contributed by atoms with E-state index in [4.69, 9.17) is 9.47 Å². The summed E-state index contributed by atoms with van der Waals surface area (Å²) in [5.41, 5.74) is 1.07. The van der Waals surface area contributed by atoms with E-state index in [2.05, 4.69) is 10.3 Å². The van der Waals surface area contributed by atoms with Gasteiger partial charge in [-0.25, -0.2) is 9.59 Å². The third-order valence-corrected chi connectivity index (χ3v) is 3.32. The summed E-state index contributed by atoms with van der Waals surface area (Å²) in [6.45, 7) is 3.98. The smallest absolute Gasteiger partial charge is 0.343 e. The molecular formula is C19H20N2O5. The molecule has 1 N–H and O–H groups in total. The van der Waals surface area contributed by atoms with Gasteiger partial charge in [-0.3, -0.25) is 9.78 Å². The van der Waals surface area contributed by atoms with Crippen molar-refractivity contribution in [2.24, 2.45) is 0 Å². The van der Waals surface area contributed by atoms with E-state index >= 15 is 0 Å². The highest BCUT2D eigenvalue weighted by atomic mass is 16.5. The van der Waals surface area contributed by atoms with Gasteiger partial charge >= 0.3 is 11.9 Å². The molecule has 2 aromatic rings. The summed E-state index contributed by atoms with van der Waals surface area (Å²) in [4.78, 5) is 39.4. The predicted molar refractivity (Wildman–Crippen MR) is 94.0 cm³/mol. The second kappa shape index (κ2) is 9.43. The standard InChI is InChI=1S/C19H20N2O5/c1-3-25-19(24)16-6-4-5-7-17(16)26-18(23)14-8-9-21-15(10-14)12-20-11-13(2)22/h4-10,20H,3,11-12H2,1-2H3. The minimum atomic E-state index is -0.614. The van der Waals surface area contributed by atoms with E-state index in [0.29, 0.717) is 17.8 Å². The normalized spacial score (nSPS) is 10.2. The summed E-state index contributed by atoms with van der Waals surface area (Å²) in [6, 6.07) is 9.47. The summed E-state index contributed by atoms with van der Waals surface area (Å²) in [5, 5.41) is 2.93. The first kappa shape index (κ1) is 19.3. The molecule has 0 atom stereocenters. The molecule has 0 saturated carbocycles. The Morgan fingerprint density at radius 1 is 1.12 bits per heavy atom. The first-order chi connectivity index (χ1) is 12.5. The van der Waals surface area contributed by atoms with Crippen LogP contribution in [-0.2, 0) is 16.1 Å². The quantitative estimate of drug-likeness (QED) is 0.572. The van der Waals surface area contributed by atoms with Gasteiger partial charge in [-0.15, -0.1) is 0 Å². The van der Waals surface area contributed by atoms with Crippen molar-refractivity contribution in [2.45, 2.75) is 20.4 Å². The molecule has 0 unspecified atom stereocenters. The third-order valence-electron chi connectivity index (χ3n) is 3.32. The number of ether oxygens (including phenoxy) is 2. The van der Waals surface area contributed by atoms with E-state index in [1.54, 1.807) is 25.1 Å². The molecule has 26 heavy (non-hydrogen) atoms. The maximum absolute atomic E-state index is 12.4. The Morgan fingerprint density at radius 3 is 2.62 bits per heavy atom. The third kappa shape index (κ3) is 5.49. The second-order valence-electron chi connectivity index (χ2n) is 5.45. The zero-order valence-corrected chi connectivity index (χ0v) is 14.7. The maximum atomic E-state index is 12.4. The molecule has 0 fully saturated rings. The summed E-state index contributed by atoms with van der Waals surface area (Å²) in [6.07, 6.45) is 1.48. The number of aromatic nitrogens is 1. The average Bonchev–Trinajstić information content (AvgIpc) is 2.62. The fourth-order valence-corrected chi connectivity index (χ4v) is 2.16. The lowest BCUT2D eigenvalue weighted by molar-refractivity contribution is -0.116. The lowest BCUT2D eigenvalue weighted by Gasteiger charge is -2.10. The van der Waals surface area contributed by atoms with Gasteiger partial charge < -0.3 is 14.8 Å². The van der Waals surface area contributed by atoms with Crippen LogP contribution in [0.4, 0.5) is 0 Å². The van der Waals surface area contributed by atoms with Gasteiger partial charge in [0.2, 0.25) is 0 Å². The molecule has 0 spiro atoms. The molecule has 0 radical (unpaired) electrons. The number of ketones is 1. The summed E-state index contributed by atoms with van der Waals surface area (Å²) in [7, 11) is 0. The number of nitrogens with one attached hydrogen (secondary N) is 1. The van der Waals surface area contributed by atoms with Crippen molar-refractivity contribution < 1.29 is 23.9 Å². The topological polar surface area (TPSA) is 94.6 Å². The van der Waals surface area contributed by atoms with E-state index in [1.165, 1.54) is 31.3 Å². The van der Waals surface area contributed by atoms with Crippen LogP contribution in [0, 0.1) is 0 Å². The highest BCUT2D eigenvalue weighted by Gasteiger charge is 2.17. The fourth-order valence-electron chi connectivity index (χ4n) is 2.16. The Balaban J connectivity index is 2.11. The monoisotopic (exact) mass is 356 g/mol. The van der Waals surface area contributed by atoms with Crippen LogP contribution in [-0.4, -0.2) is 35.9 Å². The van der Waals surface area contributed by atoms with Gasteiger partial charge in [0, 0.05) is 12.7 Å². The van der Waals surface area contributed by atoms with Crippen LogP contribution >= 0.6 is 0 Å². The molecule has 0 aliphatic carbocycles. The Labute approximate surface area is 151 Å². The molecular weight excluding hydrogens is 336 g/mol. The lowest BCUT2D eigenvalue weighted by atomic mass is 10.2. The van der Waals surface area contributed by atoms with Crippen molar-refractivity contribution >= 4 is 17.7 Å². The molecule has 1 heterocycles. The van der Waals surface area contributed by atoms with Crippen molar-refractivity contribution in [2.75, 3.05) is 13.2 Å². The molecule has 1 aromatic carbocycles. The Hall–Kier alpha value is -3.06. The van der Waals surface area contributed by atoms with Gasteiger partial charge in [-0.1, -0.05) is 12.1 Å². The Kier molecular flexibility index (Phi) is 6.99. The van der Waals surface area contributed by atoms with Gasteiger partial charge in [0.1, 0.15) is 17.1 Å². The maximum Gasteiger partial charge on any atom is 0.343 e. The van der Waals surface area contributed by atoms with Gasteiger partial charge in [0.25, 0.3) is 0 Å². The fraction of sp³-hybridized carbons (Fsp3) is 0.263. The predicted octanol–water partition coefficient (Wildman–Crippen LogP) is 2.16. The minimum Gasteiger partial charge on any atom is -0.462 e. The number of hydrogen-bond donors (Lipinski definition) is 1. The minimum absolute atomic E-state index is 0.0103. The van der Waals surface area contributed by atoms with Crippen molar-refractivity contribution in [3.8, 4) is 5.75 Å². The van der Waals surface area contributed by atoms with Gasteiger partial charge in [-0.2, -0.15) is 0 Å². The number of carbonyl (C=O) groups is 3. The van der Waals surface area contributed by atoms with Crippen LogP contribution in [0.5, 0.6) is 5.75 Å². The molecule has 0 aliphatic rings. The van der Waals surface area contributed by atoms with Crippen LogP contribution in [0.2, 0.25) is 0 Å². The number of benzene rings is 1. The molecule has 136 valence electrons. The van der Waals surface area contributed by atoms with E-state index < -0.39 is 11.9 Å². The van der Waals surface area contributed by atoms with Gasteiger partial charge in [-0.05, 0) is 38.1 Å². The average molecular weight is 356 g/mol. The zero-order valence-electron chi connectivity index (χ0n) is 14.7. The van der Waals surface area contributed by atoms with E-state index in [1.807, 2.05) is 0 Å². The number of para-hydroxylation sites is 1. The van der Waals surface area contributed by atoms with E-state index in [-0.39, 0.29) is 30.2 Å². The molecule has 1 aromatic heterocycles. The first-order valence-electron chi connectivity index (χ1n) is 8.14. The lowest BCUT2D eigenvalue weighted by Crippen LogP contribution is -2.21. The second-order valence-corrected chi connectivity index (χ2v) is 5.45. The van der Waals surface area contributed by atoms with E-state index in [0.717, 1.165) is 0 Å². The van der Waals surface area contributed by atoms with Gasteiger partial charge in [0.05, 0.1) is 24.4 Å². The number of pyridine rings is 1. The molecule has 0 amide bonds. The first-order valence-corrected chi connectivity index (χ1v) is 8.14. The number of hydrogen-bond acceptors (Lipinski definition) is 7. The number of nitrogens with zero attached hydrogens (tertiary/aromatic N) is 1. The van der Waals surface area contributed by atoms with Crippen molar-refractivity contribution in [3.05, 3.63) is 59.4 Å². The SMILES string of the molecule is CCOC(=O)c1ccccc1OC(=O)c1ccnc(CNCC(C)=O)c1. The number of rotatable bonds is 8. The largest absolute Gasteiger partial charge is 0.462 e. The van der Waals surface area contributed by atoms with Gasteiger partial charge in [0.15, 0.2) is 0 Å². The van der Waals surface area contributed by atoms with Crippen LogP contribution in [0.1, 0.15) is 40.3 Å². The van der Waals surface area contributed by atoms with Crippen LogP contribution in [0.15, 0.2) is 42.6 Å². The molecule has 7 nitrogen and oxygen atoms in total. The molecule has 0 aliphatic heterocycles. The highest BCUT2D eigenvalue weighted by molar-refractivity contribution is 5.96. The van der Waals surface area contributed by atoms with Crippen molar-refractivity contribution in [1.82, 2.24) is 10.3 Å². The summed E-state index contributed by atoms with van der Waals surface area (Å²) < 4.78 is 10.3. The summed E-state index contributed by atoms with van der Waals surface area (Å²) in [5.74, 6) is -1.03. The molecule has 2 rings (SSSR count). The molecule has 0 saturated heterocycles. The van der Waals surface area contributed by atoms with Crippen LogP contribution in [0.3, 0.4) is 0 Å². The van der Waals surface area contributed by atoms with Crippen LogP contribution < -0.4 is 10.1 Å². The van der Waals surface area contributed by atoms with E-state index in [9.17, 15) is 14.4 Å². The Bertz CT molecular complexity index is 804. The number of carbonyl (C=O) groups excluding carboxylic acids is 3. The zero-order chi connectivity index (χ0) is 18.9. The Morgan fingerprint density at radius 2 is 1.88 bits per heavy atom. The molecule has 7 heteroatoms. The summed E-state index contributed by atoms with van der Waals surface area (Å²) >= 11 is 0. The van der Waals surface area contributed by atoms with Crippen molar-refractivity contribution in [1.29, 1.82) is 0 Å². The van der Waals surface area contributed by atoms with Crippen molar-refractivity contribution in [3.63, 3.8) is 0 Å². The van der Waals surface area contributed by atoms with Crippen LogP contribution in [0.25, 0.3) is 0 Å².